The number of aldehydes is 1. The Balaban J connectivity index is 1.78. The first kappa shape index (κ1) is 13.4. The molecule has 1 amide bonds. The molecular formula is C15H13NO2S2. The lowest BCUT2D eigenvalue weighted by molar-refractivity contribution is 0.102. The smallest absolute Gasteiger partial charge is 0.265 e. The number of hydrogen-bond acceptors (Lipinski definition) is 4. The first-order chi connectivity index (χ1) is 9.76. The molecule has 1 aromatic heterocycles. The highest BCUT2D eigenvalue weighted by molar-refractivity contribution is 7.98. The van der Waals surface area contributed by atoms with E-state index in [2.05, 4.69) is 5.32 Å². The molecule has 3 rings (SSSR count). The summed E-state index contributed by atoms with van der Waals surface area (Å²) in [5.41, 5.74) is 2.50. The van der Waals surface area contributed by atoms with Crippen molar-refractivity contribution in [1.29, 1.82) is 0 Å². The van der Waals surface area contributed by atoms with E-state index in [1.807, 2.05) is 17.8 Å². The van der Waals surface area contributed by atoms with Crippen LogP contribution in [0.2, 0.25) is 0 Å². The first-order valence-electron chi connectivity index (χ1n) is 6.32. The lowest BCUT2D eigenvalue weighted by atomic mass is 10.2. The summed E-state index contributed by atoms with van der Waals surface area (Å²) in [6.07, 6.45) is 1.83. The maximum atomic E-state index is 12.2. The molecule has 1 aliphatic rings. The van der Waals surface area contributed by atoms with E-state index in [0.717, 1.165) is 29.1 Å². The van der Waals surface area contributed by atoms with E-state index >= 15 is 0 Å². The molecule has 2 heterocycles. The van der Waals surface area contributed by atoms with E-state index in [-0.39, 0.29) is 5.91 Å². The van der Waals surface area contributed by atoms with Gasteiger partial charge in [0.25, 0.3) is 5.91 Å². The molecule has 0 fully saturated rings. The number of rotatable bonds is 3. The summed E-state index contributed by atoms with van der Waals surface area (Å²) in [7, 11) is 0. The fourth-order valence-corrected chi connectivity index (χ4v) is 4.41. The molecule has 0 saturated carbocycles. The van der Waals surface area contributed by atoms with Gasteiger partial charge in [-0.25, -0.2) is 0 Å². The van der Waals surface area contributed by atoms with Gasteiger partial charge in [0.05, 0.1) is 4.88 Å². The molecule has 0 spiro atoms. The van der Waals surface area contributed by atoms with Gasteiger partial charge in [0.2, 0.25) is 0 Å². The highest BCUT2D eigenvalue weighted by atomic mass is 32.2. The van der Waals surface area contributed by atoms with Crippen LogP contribution in [0.3, 0.4) is 0 Å². The van der Waals surface area contributed by atoms with Crippen LogP contribution in [0.25, 0.3) is 0 Å². The van der Waals surface area contributed by atoms with Crippen LogP contribution in [0, 0.1) is 0 Å². The predicted molar refractivity (Wildman–Crippen MR) is 84.0 cm³/mol. The number of thiophene rings is 1. The van der Waals surface area contributed by atoms with Crippen molar-refractivity contribution in [3.05, 3.63) is 51.2 Å². The predicted octanol–water partition coefficient (Wildman–Crippen LogP) is 3.60. The standard InChI is InChI=1S/C15H13NO2S2/c17-8-10-2-1-3-12(6-10)16-15(18)14-7-11-9-19-5-4-13(11)20-14/h1-3,6-8H,4-5,9H2,(H,16,18). The van der Waals surface area contributed by atoms with Crippen molar-refractivity contribution in [2.75, 3.05) is 11.1 Å². The number of carbonyl (C=O) groups excluding carboxylic acids is 2. The summed E-state index contributed by atoms with van der Waals surface area (Å²) in [6, 6.07) is 8.92. The molecule has 3 nitrogen and oxygen atoms in total. The van der Waals surface area contributed by atoms with Gasteiger partial charge in [0.15, 0.2) is 0 Å². The van der Waals surface area contributed by atoms with E-state index in [0.29, 0.717) is 11.3 Å². The van der Waals surface area contributed by atoms with Gasteiger partial charge >= 0.3 is 0 Å². The Labute approximate surface area is 125 Å². The van der Waals surface area contributed by atoms with Crippen LogP contribution < -0.4 is 5.32 Å². The van der Waals surface area contributed by atoms with Gasteiger partial charge in [-0.15, -0.1) is 11.3 Å². The molecule has 0 saturated heterocycles. The quantitative estimate of drug-likeness (QED) is 0.881. The van der Waals surface area contributed by atoms with Gasteiger partial charge in [-0.05, 0) is 35.9 Å². The Morgan fingerprint density at radius 1 is 1.30 bits per heavy atom. The zero-order chi connectivity index (χ0) is 13.9. The third-order valence-electron chi connectivity index (χ3n) is 3.13. The molecule has 1 aromatic carbocycles. The van der Waals surface area contributed by atoms with Crippen molar-refractivity contribution in [1.82, 2.24) is 0 Å². The highest BCUT2D eigenvalue weighted by Crippen LogP contribution is 2.32. The molecular weight excluding hydrogens is 290 g/mol. The van der Waals surface area contributed by atoms with Crippen LogP contribution in [0.1, 0.15) is 30.5 Å². The number of thioether (sulfide) groups is 1. The maximum absolute atomic E-state index is 12.2. The van der Waals surface area contributed by atoms with Crippen molar-refractivity contribution in [2.45, 2.75) is 12.2 Å². The first-order valence-corrected chi connectivity index (χ1v) is 8.29. The summed E-state index contributed by atoms with van der Waals surface area (Å²) in [6.45, 7) is 0. The average molecular weight is 303 g/mol. The molecule has 1 N–H and O–H groups in total. The van der Waals surface area contributed by atoms with Gasteiger partial charge < -0.3 is 5.32 Å². The minimum Gasteiger partial charge on any atom is -0.321 e. The van der Waals surface area contributed by atoms with Gasteiger partial charge in [-0.3, -0.25) is 9.59 Å². The third kappa shape index (κ3) is 2.78. The van der Waals surface area contributed by atoms with Gasteiger partial charge in [0.1, 0.15) is 6.29 Å². The minimum absolute atomic E-state index is 0.0996. The molecule has 5 heteroatoms. The minimum atomic E-state index is -0.0996. The van der Waals surface area contributed by atoms with Crippen LogP contribution in [-0.4, -0.2) is 17.9 Å². The lowest BCUT2D eigenvalue weighted by Gasteiger charge is -2.08. The van der Waals surface area contributed by atoms with Gasteiger partial charge in [-0.1, -0.05) is 12.1 Å². The summed E-state index contributed by atoms with van der Waals surface area (Å²) in [5, 5.41) is 2.85. The van der Waals surface area contributed by atoms with Crippen molar-refractivity contribution < 1.29 is 9.59 Å². The number of carbonyl (C=O) groups is 2. The van der Waals surface area contributed by atoms with Crippen molar-refractivity contribution >= 4 is 41.0 Å². The van der Waals surface area contributed by atoms with Crippen molar-refractivity contribution in [3.63, 3.8) is 0 Å². The Morgan fingerprint density at radius 3 is 3.00 bits per heavy atom. The van der Waals surface area contributed by atoms with Crippen LogP contribution in [0.15, 0.2) is 30.3 Å². The lowest BCUT2D eigenvalue weighted by Crippen LogP contribution is -2.10. The van der Waals surface area contributed by atoms with Gasteiger partial charge in [-0.2, -0.15) is 11.8 Å². The van der Waals surface area contributed by atoms with Gasteiger partial charge in [0, 0.05) is 21.9 Å². The maximum Gasteiger partial charge on any atom is 0.265 e. The van der Waals surface area contributed by atoms with E-state index in [1.165, 1.54) is 10.4 Å². The zero-order valence-electron chi connectivity index (χ0n) is 10.7. The van der Waals surface area contributed by atoms with E-state index in [1.54, 1.807) is 35.6 Å². The molecule has 20 heavy (non-hydrogen) atoms. The second-order valence-corrected chi connectivity index (χ2v) is 6.80. The second kappa shape index (κ2) is 5.81. The summed E-state index contributed by atoms with van der Waals surface area (Å²) in [5.74, 6) is 2.04. The van der Waals surface area contributed by atoms with E-state index in [4.69, 9.17) is 0 Å². The normalized spacial score (nSPS) is 13.6. The Bertz CT molecular complexity index is 640. The molecule has 102 valence electrons. The number of anilines is 1. The van der Waals surface area contributed by atoms with Crippen LogP contribution >= 0.6 is 23.1 Å². The van der Waals surface area contributed by atoms with Crippen molar-refractivity contribution in [2.24, 2.45) is 0 Å². The summed E-state index contributed by atoms with van der Waals surface area (Å²) < 4.78 is 0. The molecule has 1 aliphatic heterocycles. The summed E-state index contributed by atoms with van der Waals surface area (Å²) >= 11 is 3.49. The SMILES string of the molecule is O=Cc1cccc(NC(=O)c2cc3c(s2)CCSC3)c1. The number of amides is 1. The average Bonchev–Trinajstić information content (AvgIpc) is 2.91. The fraction of sp³-hybridized carbons (Fsp3) is 0.200. The van der Waals surface area contributed by atoms with E-state index < -0.39 is 0 Å². The zero-order valence-corrected chi connectivity index (χ0v) is 12.4. The number of fused-ring (bicyclic) bond motifs is 1. The number of aryl methyl sites for hydroxylation is 1. The topological polar surface area (TPSA) is 46.2 Å². The Hall–Kier alpha value is -1.59. The van der Waals surface area contributed by atoms with Crippen LogP contribution in [0.5, 0.6) is 0 Å². The molecule has 0 atom stereocenters. The number of benzene rings is 1. The van der Waals surface area contributed by atoms with Crippen LogP contribution in [0.4, 0.5) is 5.69 Å². The molecule has 0 radical (unpaired) electrons. The molecule has 0 bridgehead atoms. The van der Waals surface area contributed by atoms with Crippen molar-refractivity contribution in [3.8, 4) is 0 Å². The number of hydrogen-bond donors (Lipinski definition) is 1. The fourth-order valence-electron chi connectivity index (χ4n) is 2.14. The summed E-state index contributed by atoms with van der Waals surface area (Å²) in [4.78, 5) is 25.0. The highest BCUT2D eigenvalue weighted by Gasteiger charge is 2.17. The molecule has 2 aromatic rings. The molecule has 0 aliphatic carbocycles. The number of nitrogens with one attached hydrogen (secondary N) is 1. The molecule has 0 unspecified atom stereocenters. The van der Waals surface area contributed by atoms with E-state index in [9.17, 15) is 9.59 Å². The monoisotopic (exact) mass is 303 g/mol. The third-order valence-corrected chi connectivity index (χ3v) is 5.38. The Morgan fingerprint density at radius 2 is 2.20 bits per heavy atom. The second-order valence-electron chi connectivity index (χ2n) is 4.56. The largest absolute Gasteiger partial charge is 0.321 e. The van der Waals surface area contributed by atoms with Crippen LogP contribution in [-0.2, 0) is 12.2 Å². The Kier molecular flexibility index (Phi) is 3.89.